The quantitative estimate of drug-likeness (QED) is 0.892. The highest BCUT2D eigenvalue weighted by Crippen LogP contribution is 2.36. The van der Waals surface area contributed by atoms with Crippen molar-refractivity contribution in [3.63, 3.8) is 0 Å². The molecule has 8 heteroatoms. The summed E-state index contributed by atoms with van der Waals surface area (Å²) in [5.41, 5.74) is -0.827. The van der Waals surface area contributed by atoms with Crippen molar-refractivity contribution in [2.45, 2.75) is 43.9 Å². The van der Waals surface area contributed by atoms with Crippen LogP contribution in [0.4, 0.5) is 19.0 Å². The summed E-state index contributed by atoms with van der Waals surface area (Å²) in [4.78, 5) is 8.27. The number of aliphatic hydroxyl groups excluding tert-OH is 1. The van der Waals surface area contributed by atoms with Gasteiger partial charge in [-0.15, -0.1) is 0 Å². The molecule has 0 amide bonds. The highest BCUT2D eigenvalue weighted by atomic mass is 35.5. The molecule has 24 heavy (non-hydrogen) atoms. The SMILES string of the molecule is OC[C@@H]1CCCN1C[C@H]1CCCN1c1ncc(C(F)(F)F)cc1Cl. The Morgan fingerprint density at radius 3 is 2.58 bits per heavy atom. The minimum absolute atomic E-state index is 0.0388. The molecule has 1 N–H and O–H groups in total. The highest BCUT2D eigenvalue weighted by molar-refractivity contribution is 6.33. The molecular formula is C16H21ClF3N3O. The van der Waals surface area contributed by atoms with Gasteiger partial charge in [-0.25, -0.2) is 4.98 Å². The van der Waals surface area contributed by atoms with E-state index in [0.717, 1.165) is 57.6 Å². The lowest BCUT2D eigenvalue weighted by Gasteiger charge is -2.32. The molecule has 0 bridgehead atoms. The van der Waals surface area contributed by atoms with E-state index in [2.05, 4.69) is 9.88 Å². The van der Waals surface area contributed by atoms with Crippen molar-refractivity contribution in [2.75, 3.05) is 31.1 Å². The molecule has 0 radical (unpaired) electrons. The van der Waals surface area contributed by atoms with E-state index in [1.54, 1.807) is 0 Å². The number of alkyl halides is 3. The molecule has 2 aliphatic heterocycles. The molecule has 4 nitrogen and oxygen atoms in total. The summed E-state index contributed by atoms with van der Waals surface area (Å²) in [6, 6.07) is 1.30. The van der Waals surface area contributed by atoms with Gasteiger partial charge in [0.2, 0.25) is 0 Å². The molecule has 2 saturated heterocycles. The third-order valence-electron chi connectivity index (χ3n) is 4.95. The number of hydrogen-bond acceptors (Lipinski definition) is 4. The highest BCUT2D eigenvalue weighted by Gasteiger charge is 2.35. The Kier molecular flexibility index (Phi) is 5.22. The Morgan fingerprint density at radius 2 is 1.92 bits per heavy atom. The van der Waals surface area contributed by atoms with E-state index < -0.39 is 11.7 Å². The smallest absolute Gasteiger partial charge is 0.395 e. The first kappa shape index (κ1) is 17.8. The monoisotopic (exact) mass is 363 g/mol. The molecule has 1 aromatic heterocycles. The van der Waals surface area contributed by atoms with E-state index in [0.29, 0.717) is 5.82 Å². The molecule has 0 aromatic carbocycles. The van der Waals surface area contributed by atoms with E-state index in [9.17, 15) is 18.3 Å². The van der Waals surface area contributed by atoms with E-state index in [1.807, 2.05) is 4.90 Å². The van der Waals surface area contributed by atoms with Crippen LogP contribution in [0.1, 0.15) is 31.2 Å². The van der Waals surface area contributed by atoms with Crippen molar-refractivity contribution in [1.82, 2.24) is 9.88 Å². The third-order valence-corrected chi connectivity index (χ3v) is 5.23. The van der Waals surface area contributed by atoms with Crippen LogP contribution in [0.25, 0.3) is 0 Å². The normalized spacial score (nSPS) is 25.6. The standard InChI is InChI=1S/C16H21ClF3N3O/c17-14-7-11(16(18,19)20)8-21-15(14)23-6-2-3-12(23)9-22-5-1-4-13(22)10-24/h7-8,12-13,24H,1-6,9-10H2/t12-,13+/m1/s1. The van der Waals surface area contributed by atoms with Gasteiger partial charge in [0.05, 0.1) is 17.2 Å². The summed E-state index contributed by atoms with van der Waals surface area (Å²) in [5, 5.41) is 9.49. The van der Waals surface area contributed by atoms with Crippen LogP contribution < -0.4 is 4.90 Å². The summed E-state index contributed by atoms with van der Waals surface area (Å²) >= 11 is 6.10. The Morgan fingerprint density at radius 1 is 1.21 bits per heavy atom. The minimum atomic E-state index is -4.44. The van der Waals surface area contributed by atoms with Gasteiger partial charge in [-0.05, 0) is 38.3 Å². The Labute approximate surface area is 144 Å². The predicted octanol–water partition coefficient (Wildman–Crippen LogP) is 3.18. The summed E-state index contributed by atoms with van der Waals surface area (Å²) in [7, 11) is 0. The zero-order valence-corrected chi connectivity index (χ0v) is 14.0. The van der Waals surface area contributed by atoms with Gasteiger partial charge < -0.3 is 10.0 Å². The molecule has 3 heterocycles. The Hall–Kier alpha value is -1.05. The lowest BCUT2D eigenvalue weighted by molar-refractivity contribution is -0.137. The Bertz CT molecular complexity index is 584. The van der Waals surface area contributed by atoms with Crippen molar-refractivity contribution in [3.8, 4) is 0 Å². The van der Waals surface area contributed by atoms with E-state index in [4.69, 9.17) is 11.6 Å². The number of rotatable bonds is 4. The number of pyridine rings is 1. The summed E-state index contributed by atoms with van der Waals surface area (Å²) in [5.74, 6) is 0.423. The van der Waals surface area contributed by atoms with Crippen LogP contribution in [0, 0.1) is 0 Å². The zero-order chi connectivity index (χ0) is 17.3. The van der Waals surface area contributed by atoms with Crippen LogP contribution in [-0.4, -0.2) is 53.3 Å². The van der Waals surface area contributed by atoms with Crippen LogP contribution in [-0.2, 0) is 6.18 Å². The molecular weight excluding hydrogens is 343 g/mol. The fourth-order valence-corrected chi connectivity index (χ4v) is 3.99. The van der Waals surface area contributed by atoms with E-state index >= 15 is 0 Å². The largest absolute Gasteiger partial charge is 0.417 e. The van der Waals surface area contributed by atoms with Gasteiger partial charge >= 0.3 is 6.18 Å². The van der Waals surface area contributed by atoms with Crippen molar-refractivity contribution in [3.05, 3.63) is 22.8 Å². The molecule has 0 saturated carbocycles. The van der Waals surface area contributed by atoms with Crippen molar-refractivity contribution in [1.29, 1.82) is 0 Å². The van der Waals surface area contributed by atoms with Crippen LogP contribution in [0.5, 0.6) is 0 Å². The first-order valence-electron chi connectivity index (χ1n) is 8.24. The third kappa shape index (κ3) is 3.63. The molecule has 3 rings (SSSR count). The van der Waals surface area contributed by atoms with E-state index in [1.165, 1.54) is 0 Å². The molecule has 2 atom stereocenters. The van der Waals surface area contributed by atoms with Gasteiger partial charge in [0.25, 0.3) is 0 Å². The topological polar surface area (TPSA) is 39.6 Å². The van der Waals surface area contributed by atoms with Crippen LogP contribution in [0.2, 0.25) is 5.02 Å². The average Bonchev–Trinajstić information content (AvgIpc) is 3.16. The summed E-state index contributed by atoms with van der Waals surface area (Å²) < 4.78 is 38.3. The molecule has 1 aromatic rings. The van der Waals surface area contributed by atoms with Gasteiger partial charge in [0, 0.05) is 31.4 Å². The van der Waals surface area contributed by atoms with Crippen molar-refractivity contribution >= 4 is 17.4 Å². The number of halogens is 4. The summed E-state index contributed by atoms with van der Waals surface area (Å²) in [6.45, 7) is 2.61. The molecule has 2 aliphatic rings. The van der Waals surface area contributed by atoms with Crippen LogP contribution in [0.15, 0.2) is 12.3 Å². The number of aliphatic hydroxyl groups is 1. The molecule has 2 fully saturated rings. The van der Waals surface area contributed by atoms with Gasteiger partial charge in [0.1, 0.15) is 5.82 Å². The lowest BCUT2D eigenvalue weighted by Crippen LogP contribution is -2.43. The average molecular weight is 364 g/mol. The van der Waals surface area contributed by atoms with Crippen molar-refractivity contribution in [2.24, 2.45) is 0 Å². The first-order valence-corrected chi connectivity index (χ1v) is 8.62. The molecule has 0 unspecified atom stereocenters. The van der Waals surface area contributed by atoms with Gasteiger partial charge in [-0.3, -0.25) is 4.90 Å². The summed E-state index contributed by atoms with van der Waals surface area (Å²) in [6.07, 6.45) is 0.376. The van der Waals surface area contributed by atoms with Crippen LogP contribution in [0.3, 0.4) is 0 Å². The molecule has 0 spiro atoms. The molecule has 134 valence electrons. The predicted molar refractivity (Wildman–Crippen MR) is 86.3 cm³/mol. The lowest BCUT2D eigenvalue weighted by atomic mass is 10.1. The maximum Gasteiger partial charge on any atom is 0.417 e. The van der Waals surface area contributed by atoms with Gasteiger partial charge in [-0.1, -0.05) is 11.6 Å². The second-order valence-corrected chi connectivity index (χ2v) is 6.90. The zero-order valence-electron chi connectivity index (χ0n) is 13.3. The van der Waals surface area contributed by atoms with E-state index in [-0.39, 0.29) is 23.7 Å². The number of anilines is 1. The fourth-order valence-electron chi connectivity index (χ4n) is 3.71. The molecule has 0 aliphatic carbocycles. The number of hydrogen-bond donors (Lipinski definition) is 1. The van der Waals surface area contributed by atoms with Gasteiger partial charge in [0.15, 0.2) is 0 Å². The van der Waals surface area contributed by atoms with Gasteiger partial charge in [-0.2, -0.15) is 13.2 Å². The first-order chi connectivity index (χ1) is 11.4. The number of nitrogens with zero attached hydrogens (tertiary/aromatic N) is 3. The second kappa shape index (κ2) is 7.06. The number of likely N-dealkylation sites (tertiary alicyclic amines) is 1. The minimum Gasteiger partial charge on any atom is -0.395 e. The maximum absolute atomic E-state index is 12.8. The number of aromatic nitrogens is 1. The Balaban J connectivity index is 1.76. The van der Waals surface area contributed by atoms with Crippen LogP contribution >= 0.6 is 11.6 Å². The second-order valence-electron chi connectivity index (χ2n) is 6.49. The van der Waals surface area contributed by atoms with Crippen molar-refractivity contribution < 1.29 is 18.3 Å². The maximum atomic E-state index is 12.8. The fraction of sp³-hybridized carbons (Fsp3) is 0.688.